The van der Waals surface area contributed by atoms with Gasteiger partial charge in [-0.25, -0.2) is 13.6 Å². The zero-order valence-electron chi connectivity index (χ0n) is 11.9. The molecule has 8 heteroatoms. The van der Waals surface area contributed by atoms with Gasteiger partial charge in [-0.05, 0) is 37.1 Å². The molecule has 1 aromatic carbocycles. The van der Waals surface area contributed by atoms with Gasteiger partial charge in [0.2, 0.25) is 10.0 Å². The minimum absolute atomic E-state index is 0.0338. The van der Waals surface area contributed by atoms with Crippen LogP contribution in [0, 0.1) is 5.41 Å². The van der Waals surface area contributed by atoms with E-state index in [4.69, 9.17) is 9.88 Å². The molecule has 1 saturated carbocycles. The van der Waals surface area contributed by atoms with Gasteiger partial charge in [-0.3, -0.25) is 4.79 Å². The number of carbonyl (C=O) groups is 1. The molecule has 1 aliphatic carbocycles. The zero-order chi connectivity index (χ0) is 16.0. The third kappa shape index (κ3) is 2.63. The predicted molar refractivity (Wildman–Crippen MR) is 77.6 cm³/mol. The van der Waals surface area contributed by atoms with Crippen molar-refractivity contribution in [2.45, 2.75) is 23.3 Å². The van der Waals surface area contributed by atoms with Crippen LogP contribution in [0.2, 0.25) is 0 Å². The lowest BCUT2D eigenvalue weighted by atomic mass is 9.63. The Balaban J connectivity index is 1.59. The molecule has 2 saturated heterocycles. The molecule has 1 aromatic rings. The number of amides is 1. The van der Waals surface area contributed by atoms with Crippen molar-refractivity contribution in [1.29, 1.82) is 0 Å². The number of carbonyl (C=O) groups excluding carboxylic acids is 1. The summed E-state index contributed by atoms with van der Waals surface area (Å²) in [5, 5.41) is 17.1. The van der Waals surface area contributed by atoms with E-state index in [0.29, 0.717) is 18.7 Å². The number of rotatable bonds is 5. The second-order valence-electron chi connectivity index (χ2n) is 6.24. The van der Waals surface area contributed by atoms with E-state index in [-0.39, 0.29) is 28.4 Å². The maximum absolute atomic E-state index is 12.1. The number of ether oxygens (including phenoxy) is 1. The van der Waals surface area contributed by atoms with Gasteiger partial charge in [0.05, 0.1) is 23.7 Å². The maximum atomic E-state index is 12.1. The van der Waals surface area contributed by atoms with Crippen LogP contribution in [0.1, 0.15) is 23.2 Å². The second kappa shape index (κ2) is 5.02. The van der Waals surface area contributed by atoms with Crippen LogP contribution in [-0.4, -0.2) is 44.8 Å². The second-order valence-corrected chi connectivity index (χ2v) is 7.80. The highest BCUT2D eigenvalue weighted by Gasteiger charge is 2.61. The maximum Gasteiger partial charge on any atom is 0.251 e. The van der Waals surface area contributed by atoms with Gasteiger partial charge in [-0.2, -0.15) is 0 Å². The molecule has 120 valence electrons. The molecule has 3 fully saturated rings. The third-order valence-corrected chi connectivity index (χ3v) is 5.36. The first-order chi connectivity index (χ1) is 10.3. The summed E-state index contributed by atoms with van der Waals surface area (Å²) in [6, 6.07) is 5.44. The van der Waals surface area contributed by atoms with Gasteiger partial charge < -0.3 is 15.2 Å². The van der Waals surface area contributed by atoms with Crippen LogP contribution in [0.25, 0.3) is 0 Å². The SMILES string of the molecule is NS(=O)(=O)c1ccc(C(=O)NCC23CC(CO)(CO2)C3)cc1. The van der Waals surface area contributed by atoms with E-state index < -0.39 is 10.0 Å². The third-order valence-electron chi connectivity index (χ3n) is 4.43. The summed E-state index contributed by atoms with van der Waals surface area (Å²) in [5.74, 6) is -0.299. The highest BCUT2D eigenvalue weighted by Crippen LogP contribution is 2.57. The van der Waals surface area contributed by atoms with Crippen LogP contribution < -0.4 is 10.5 Å². The first-order valence-electron chi connectivity index (χ1n) is 6.94. The first-order valence-corrected chi connectivity index (χ1v) is 8.48. The standard InChI is InChI=1S/C14H18N2O5S/c15-22(19,20)11-3-1-10(2-4-11)12(18)16-7-14-5-13(6-14,8-17)9-21-14/h1-4,17H,5-9H2,(H,16,18)(H2,15,19,20). The Morgan fingerprint density at radius 1 is 1.32 bits per heavy atom. The number of aliphatic hydroxyl groups is 1. The van der Waals surface area contributed by atoms with Crippen molar-refractivity contribution in [2.24, 2.45) is 10.6 Å². The highest BCUT2D eigenvalue weighted by molar-refractivity contribution is 7.89. The molecule has 4 N–H and O–H groups in total. The monoisotopic (exact) mass is 326 g/mol. The van der Waals surface area contributed by atoms with Crippen molar-refractivity contribution >= 4 is 15.9 Å². The highest BCUT2D eigenvalue weighted by atomic mass is 32.2. The number of hydrogen-bond donors (Lipinski definition) is 3. The molecule has 7 nitrogen and oxygen atoms in total. The summed E-state index contributed by atoms with van der Waals surface area (Å²) < 4.78 is 28.0. The summed E-state index contributed by atoms with van der Waals surface area (Å²) in [6.45, 7) is 1.02. The number of fused-ring (bicyclic) bond motifs is 1. The van der Waals surface area contributed by atoms with E-state index >= 15 is 0 Å². The number of aliphatic hydroxyl groups excluding tert-OH is 1. The smallest absolute Gasteiger partial charge is 0.251 e. The lowest BCUT2D eigenvalue weighted by Gasteiger charge is -2.43. The van der Waals surface area contributed by atoms with Crippen LogP contribution in [0.3, 0.4) is 0 Å². The van der Waals surface area contributed by atoms with Gasteiger partial charge >= 0.3 is 0 Å². The van der Waals surface area contributed by atoms with Crippen molar-refractivity contribution in [1.82, 2.24) is 5.32 Å². The van der Waals surface area contributed by atoms with Crippen LogP contribution >= 0.6 is 0 Å². The average Bonchev–Trinajstić information content (AvgIpc) is 3.00. The van der Waals surface area contributed by atoms with E-state index in [1.165, 1.54) is 24.3 Å². The van der Waals surface area contributed by atoms with E-state index in [0.717, 1.165) is 12.8 Å². The zero-order valence-corrected chi connectivity index (χ0v) is 12.7. The molecular weight excluding hydrogens is 308 g/mol. The largest absolute Gasteiger partial charge is 0.396 e. The lowest BCUT2D eigenvalue weighted by Crippen LogP contribution is -2.52. The van der Waals surface area contributed by atoms with Crippen molar-refractivity contribution in [3.05, 3.63) is 29.8 Å². The van der Waals surface area contributed by atoms with Crippen LogP contribution in [-0.2, 0) is 14.8 Å². The minimum atomic E-state index is -3.76. The van der Waals surface area contributed by atoms with E-state index in [1.54, 1.807) is 0 Å². The molecule has 0 spiro atoms. The van der Waals surface area contributed by atoms with Crippen molar-refractivity contribution < 1.29 is 23.1 Å². The molecular formula is C14H18N2O5S. The Labute approximate surface area is 128 Å². The number of sulfonamides is 1. The number of primary sulfonamides is 1. The van der Waals surface area contributed by atoms with Crippen LogP contribution in [0.15, 0.2) is 29.2 Å². The molecule has 22 heavy (non-hydrogen) atoms. The predicted octanol–water partition coefficient (Wildman–Crippen LogP) is -0.395. The fourth-order valence-electron chi connectivity index (χ4n) is 3.30. The number of hydrogen-bond acceptors (Lipinski definition) is 5. The van der Waals surface area contributed by atoms with Crippen molar-refractivity contribution in [3.8, 4) is 0 Å². The lowest BCUT2D eigenvalue weighted by molar-refractivity contribution is -0.0256. The fraction of sp³-hybridized carbons (Fsp3) is 0.500. The topological polar surface area (TPSA) is 119 Å². The number of nitrogens with two attached hydrogens (primary N) is 1. The van der Waals surface area contributed by atoms with Crippen LogP contribution in [0.4, 0.5) is 0 Å². The minimum Gasteiger partial charge on any atom is -0.396 e. The Kier molecular flexibility index (Phi) is 3.52. The van der Waals surface area contributed by atoms with E-state index in [1.807, 2.05) is 0 Å². The molecule has 4 rings (SSSR count). The Morgan fingerprint density at radius 2 is 1.95 bits per heavy atom. The summed E-state index contributed by atoms with van der Waals surface area (Å²) in [5.41, 5.74) is -0.129. The first kappa shape index (κ1) is 15.4. The van der Waals surface area contributed by atoms with Crippen molar-refractivity contribution in [2.75, 3.05) is 19.8 Å². The molecule has 2 aliphatic heterocycles. The molecule has 1 amide bonds. The average molecular weight is 326 g/mol. The van der Waals surface area contributed by atoms with Gasteiger partial charge in [0.15, 0.2) is 0 Å². The van der Waals surface area contributed by atoms with Gasteiger partial charge in [0.25, 0.3) is 5.91 Å². The molecule has 0 unspecified atom stereocenters. The van der Waals surface area contributed by atoms with Gasteiger partial charge in [0, 0.05) is 17.5 Å². The summed E-state index contributed by atoms with van der Waals surface area (Å²) in [4.78, 5) is 12.0. The number of nitrogens with one attached hydrogen (secondary N) is 1. The Hall–Kier alpha value is -1.48. The molecule has 2 bridgehead atoms. The summed E-state index contributed by atoms with van der Waals surface area (Å²) in [7, 11) is -3.76. The summed E-state index contributed by atoms with van der Waals surface area (Å²) >= 11 is 0. The summed E-state index contributed by atoms with van der Waals surface area (Å²) in [6.07, 6.45) is 1.50. The fourth-order valence-corrected chi connectivity index (χ4v) is 3.81. The van der Waals surface area contributed by atoms with E-state index in [9.17, 15) is 18.3 Å². The molecule has 0 radical (unpaired) electrons. The van der Waals surface area contributed by atoms with Gasteiger partial charge in [-0.1, -0.05) is 0 Å². The quantitative estimate of drug-likeness (QED) is 0.680. The van der Waals surface area contributed by atoms with E-state index in [2.05, 4.69) is 5.32 Å². The van der Waals surface area contributed by atoms with Crippen molar-refractivity contribution in [3.63, 3.8) is 0 Å². The van der Waals surface area contributed by atoms with Crippen LogP contribution in [0.5, 0.6) is 0 Å². The number of benzene rings is 1. The van der Waals surface area contributed by atoms with Gasteiger partial charge in [0.1, 0.15) is 0 Å². The normalized spacial score (nSPS) is 29.9. The Bertz CT molecular complexity index is 692. The van der Waals surface area contributed by atoms with Gasteiger partial charge in [-0.15, -0.1) is 0 Å². The molecule has 2 heterocycles. The molecule has 0 atom stereocenters. The molecule has 3 aliphatic rings. The molecule has 0 aromatic heterocycles. The Morgan fingerprint density at radius 3 is 2.45 bits per heavy atom.